The Kier molecular flexibility index (Phi) is 6.30. The van der Waals surface area contributed by atoms with Gasteiger partial charge in [0, 0.05) is 25.2 Å². The first-order valence-electron chi connectivity index (χ1n) is 10.5. The molecule has 1 aliphatic heterocycles. The summed E-state index contributed by atoms with van der Waals surface area (Å²) in [7, 11) is 0. The van der Waals surface area contributed by atoms with Gasteiger partial charge in [0.15, 0.2) is 0 Å². The van der Waals surface area contributed by atoms with Gasteiger partial charge in [0.2, 0.25) is 0 Å². The molecule has 0 saturated heterocycles. The molecule has 1 N–H and O–H groups in total. The molecule has 5 heteroatoms. The summed E-state index contributed by atoms with van der Waals surface area (Å²) in [5, 5.41) is 12.3. The fourth-order valence-electron chi connectivity index (χ4n) is 4.43. The van der Waals surface area contributed by atoms with Crippen LogP contribution in [0.4, 0.5) is 4.79 Å². The molecule has 1 aromatic rings. The number of fused-ring (bicyclic) bond motifs is 1. The summed E-state index contributed by atoms with van der Waals surface area (Å²) in [6.07, 6.45) is 7.28. The van der Waals surface area contributed by atoms with Crippen molar-refractivity contribution in [2.45, 2.75) is 83.4 Å². The lowest BCUT2D eigenvalue weighted by atomic mass is 9.79. The van der Waals surface area contributed by atoms with Crippen molar-refractivity contribution < 1.29 is 9.53 Å². The molecular weight excluding hydrogens is 350 g/mol. The molecule has 152 valence electrons. The molecule has 1 aliphatic carbocycles. The minimum absolute atomic E-state index is 0.147. The first-order valence-corrected chi connectivity index (χ1v) is 10.5. The number of hydrogen-bond acceptors (Lipinski definition) is 4. The molecule has 1 aromatic carbocycles. The second-order valence-electron chi connectivity index (χ2n) is 9.34. The highest BCUT2D eigenvalue weighted by molar-refractivity contribution is 5.68. The maximum absolute atomic E-state index is 12.4. The first-order chi connectivity index (χ1) is 13.3. The molecule has 0 atom stereocenters. The third kappa shape index (κ3) is 5.48. The van der Waals surface area contributed by atoms with Crippen molar-refractivity contribution in [2.24, 2.45) is 0 Å². The van der Waals surface area contributed by atoms with Gasteiger partial charge in [-0.1, -0.05) is 25.3 Å². The summed E-state index contributed by atoms with van der Waals surface area (Å²) in [4.78, 5) is 14.9. The summed E-state index contributed by atoms with van der Waals surface area (Å²) in [5.41, 5.74) is 2.75. The lowest BCUT2D eigenvalue weighted by Crippen LogP contribution is -2.52. The molecule has 0 unspecified atom stereocenters. The van der Waals surface area contributed by atoms with E-state index in [0.29, 0.717) is 0 Å². The lowest BCUT2D eigenvalue weighted by Gasteiger charge is -2.40. The summed E-state index contributed by atoms with van der Waals surface area (Å²) in [5.74, 6) is 0. The minimum Gasteiger partial charge on any atom is -0.444 e. The number of hydrogen-bond donors (Lipinski definition) is 1. The van der Waals surface area contributed by atoms with Crippen LogP contribution in [0.1, 0.15) is 76.0 Å². The molecule has 1 saturated carbocycles. The van der Waals surface area contributed by atoms with Gasteiger partial charge in [-0.2, -0.15) is 5.26 Å². The standard InChI is InChI=1S/C23H33N3O2/c1-22(2,3)28-21(27)25-23(10-5-4-6-11-23)12-14-26-13-9-19-15-18(16-24)7-8-20(19)17-26/h7-8,15H,4-6,9-14,17H2,1-3H3,(H,25,27). The Morgan fingerprint density at radius 3 is 2.68 bits per heavy atom. The molecule has 2 aliphatic rings. The number of rotatable bonds is 4. The molecule has 0 aromatic heterocycles. The number of carbonyl (C=O) groups is 1. The number of nitrogens with one attached hydrogen (secondary N) is 1. The van der Waals surface area contributed by atoms with Gasteiger partial charge in [-0.15, -0.1) is 0 Å². The van der Waals surface area contributed by atoms with Crippen molar-refractivity contribution in [3.63, 3.8) is 0 Å². The molecular formula is C23H33N3O2. The van der Waals surface area contributed by atoms with Gasteiger partial charge in [0.25, 0.3) is 0 Å². The van der Waals surface area contributed by atoms with Gasteiger partial charge in [-0.25, -0.2) is 4.79 Å². The van der Waals surface area contributed by atoms with E-state index in [1.807, 2.05) is 32.9 Å². The summed E-state index contributed by atoms with van der Waals surface area (Å²) >= 11 is 0. The smallest absolute Gasteiger partial charge is 0.408 e. The van der Waals surface area contributed by atoms with E-state index in [1.165, 1.54) is 17.5 Å². The highest BCUT2D eigenvalue weighted by Crippen LogP contribution is 2.32. The average Bonchev–Trinajstić information content (AvgIpc) is 2.65. The number of alkyl carbamates (subject to hydrolysis) is 1. The predicted molar refractivity (Wildman–Crippen MR) is 110 cm³/mol. The Labute approximate surface area is 169 Å². The number of benzene rings is 1. The summed E-state index contributed by atoms with van der Waals surface area (Å²) in [6.45, 7) is 8.61. The van der Waals surface area contributed by atoms with Gasteiger partial charge in [0.1, 0.15) is 5.60 Å². The van der Waals surface area contributed by atoms with Gasteiger partial charge in [-0.05, 0) is 69.7 Å². The molecule has 5 nitrogen and oxygen atoms in total. The zero-order chi connectivity index (χ0) is 20.2. The second kappa shape index (κ2) is 8.53. The number of nitrogens with zero attached hydrogens (tertiary/aromatic N) is 2. The monoisotopic (exact) mass is 383 g/mol. The van der Waals surface area contributed by atoms with Crippen LogP contribution in [0, 0.1) is 11.3 Å². The van der Waals surface area contributed by atoms with Gasteiger partial charge < -0.3 is 10.1 Å². The maximum atomic E-state index is 12.4. The van der Waals surface area contributed by atoms with Crippen molar-refractivity contribution in [1.29, 1.82) is 5.26 Å². The number of ether oxygens (including phenoxy) is 1. The van der Waals surface area contributed by atoms with E-state index in [9.17, 15) is 4.79 Å². The van der Waals surface area contributed by atoms with E-state index in [1.54, 1.807) is 0 Å². The zero-order valence-corrected chi connectivity index (χ0v) is 17.5. The van der Waals surface area contributed by atoms with Gasteiger partial charge in [0.05, 0.1) is 11.6 Å². The van der Waals surface area contributed by atoms with Crippen LogP contribution < -0.4 is 5.32 Å². The van der Waals surface area contributed by atoms with E-state index in [0.717, 1.165) is 63.7 Å². The number of amides is 1. The Balaban J connectivity index is 1.61. The molecule has 0 radical (unpaired) electrons. The van der Waals surface area contributed by atoms with Crippen molar-refractivity contribution in [3.05, 3.63) is 34.9 Å². The molecule has 1 fully saturated rings. The molecule has 1 heterocycles. The summed E-state index contributed by atoms with van der Waals surface area (Å²) in [6, 6.07) is 8.26. The van der Waals surface area contributed by atoms with E-state index >= 15 is 0 Å². The second-order valence-corrected chi connectivity index (χ2v) is 9.34. The lowest BCUT2D eigenvalue weighted by molar-refractivity contribution is 0.0402. The molecule has 3 rings (SSSR count). The third-order valence-corrected chi connectivity index (χ3v) is 5.91. The SMILES string of the molecule is CC(C)(C)OC(=O)NC1(CCN2CCc3cc(C#N)ccc3C2)CCCCC1. The molecule has 1 amide bonds. The van der Waals surface area contributed by atoms with Crippen molar-refractivity contribution in [1.82, 2.24) is 10.2 Å². The fourth-order valence-corrected chi connectivity index (χ4v) is 4.43. The van der Waals surface area contributed by atoms with Crippen LogP contribution >= 0.6 is 0 Å². The Morgan fingerprint density at radius 2 is 2.00 bits per heavy atom. The van der Waals surface area contributed by atoms with Crippen LogP contribution in [0.3, 0.4) is 0 Å². The quantitative estimate of drug-likeness (QED) is 0.829. The normalized spacial score (nSPS) is 19.4. The fraction of sp³-hybridized carbons (Fsp3) is 0.652. The van der Waals surface area contributed by atoms with Crippen molar-refractivity contribution >= 4 is 6.09 Å². The van der Waals surface area contributed by atoms with Crippen LogP contribution in [0.2, 0.25) is 0 Å². The largest absolute Gasteiger partial charge is 0.444 e. The topological polar surface area (TPSA) is 65.4 Å². The van der Waals surface area contributed by atoms with Crippen molar-refractivity contribution in [3.8, 4) is 6.07 Å². The minimum atomic E-state index is -0.473. The van der Waals surface area contributed by atoms with Crippen molar-refractivity contribution in [2.75, 3.05) is 13.1 Å². The van der Waals surface area contributed by atoms with Gasteiger partial charge >= 0.3 is 6.09 Å². The van der Waals surface area contributed by atoms with Crippen LogP contribution in [-0.2, 0) is 17.7 Å². The third-order valence-electron chi connectivity index (χ3n) is 5.91. The summed E-state index contributed by atoms with van der Waals surface area (Å²) < 4.78 is 5.54. The predicted octanol–water partition coefficient (Wildman–Crippen LogP) is 4.53. The number of nitriles is 1. The Bertz CT molecular complexity index is 739. The molecule has 0 spiro atoms. The van der Waals surface area contributed by atoms with E-state index in [2.05, 4.69) is 22.4 Å². The Hall–Kier alpha value is -2.06. The average molecular weight is 384 g/mol. The highest BCUT2D eigenvalue weighted by Gasteiger charge is 2.35. The van der Waals surface area contributed by atoms with Crippen LogP contribution in [0.25, 0.3) is 0 Å². The van der Waals surface area contributed by atoms with Crippen LogP contribution in [-0.4, -0.2) is 35.2 Å². The van der Waals surface area contributed by atoms with Crippen LogP contribution in [0.5, 0.6) is 0 Å². The zero-order valence-electron chi connectivity index (χ0n) is 17.5. The Morgan fingerprint density at radius 1 is 1.25 bits per heavy atom. The van der Waals surface area contributed by atoms with E-state index < -0.39 is 5.60 Å². The van der Waals surface area contributed by atoms with Gasteiger partial charge in [-0.3, -0.25) is 4.90 Å². The molecule has 28 heavy (non-hydrogen) atoms. The van der Waals surface area contributed by atoms with E-state index in [-0.39, 0.29) is 11.6 Å². The van der Waals surface area contributed by atoms with E-state index in [4.69, 9.17) is 10.00 Å². The first kappa shape index (κ1) is 20.7. The maximum Gasteiger partial charge on any atom is 0.408 e. The highest BCUT2D eigenvalue weighted by atomic mass is 16.6. The number of carbonyl (C=O) groups excluding carboxylic acids is 1. The molecule has 0 bridgehead atoms. The van der Waals surface area contributed by atoms with Crippen LogP contribution in [0.15, 0.2) is 18.2 Å².